The third-order valence-corrected chi connectivity index (χ3v) is 3.17. The maximum atomic E-state index is 11.9. The summed E-state index contributed by atoms with van der Waals surface area (Å²) in [5, 5.41) is 9.49. The first-order chi connectivity index (χ1) is 9.61. The van der Waals surface area contributed by atoms with Crippen LogP contribution in [0.1, 0.15) is 15.9 Å². The van der Waals surface area contributed by atoms with Gasteiger partial charge in [0.25, 0.3) is 5.91 Å². The summed E-state index contributed by atoms with van der Waals surface area (Å²) >= 11 is 11.9. The van der Waals surface area contributed by atoms with Gasteiger partial charge in [-0.2, -0.15) is 5.26 Å². The quantitative estimate of drug-likeness (QED) is 0.851. The van der Waals surface area contributed by atoms with Crippen LogP contribution in [0.2, 0.25) is 10.0 Å². The molecular weight excluding hydrogens is 297 g/mol. The van der Waals surface area contributed by atoms with Gasteiger partial charge in [-0.25, -0.2) is 0 Å². The molecule has 2 aromatic carbocycles. The van der Waals surface area contributed by atoms with Crippen LogP contribution in [0.5, 0.6) is 0 Å². The van der Waals surface area contributed by atoms with Gasteiger partial charge in [-0.3, -0.25) is 15.6 Å². The smallest absolute Gasteiger partial charge is 0.269 e. The molecule has 0 fully saturated rings. The molecule has 6 heteroatoms. The van der Waals surface area contributed by atoms with Crippen molar-refractivity contribution >= 4 is 34.8 Å². The summed E-state index contributed by atoms with van der Waals surface area (Å²) in [7, 11) is 0. The average molecular weight is 306 g/mol. The number of anilines is 1. The molecule has 0 aromatic heterocycles. The number of nitrogens with one attached hydrogen (secondary N) is 2. The number of nitriles is 1. The highest BCUT2D eigenvalue weighted by molar-refractivity contribution is 6.39. The zero-order valence-electron chi connectivity index (χ0n) is 10.2. The van der Waals surface area contributed by atoms with Crippen molar-refractivity contribution in [2.75, 3.05) is 5.43 Å². The molecule has 0 aliphatic heterocycles. The first-order valence-corrected chi connectivity index (χ1v) is 6.38. The minimum absolute atomic E-state index is 0.356. The Kier molecular flexibility index (Phi) is 4.46. The molecule has 100 valence electrons. The van der Waals surface area contributed by atoms with E-state index >= 15 is 0 Å². The number of nitrogens with zero attached hydrogens (tertiary/aromatic N) is 1. The zero-order valence-corrected chi connectivity index (χ0v) is 11.7. The fraction of sp³-hybridized carbons (Fsp3) is 0. The Morgan fingerprint density at radius 1 is 1.05 bits per heavy atom. The number of halogens is 2. The standard InChI is InChI=1S/C14H9Cl2N3O/c15-11-2-1-3-12(16)13(11)18-19-14(20)10-6-4-9(8-17)5-7-10/h1-7,18H,(H,19,20). The molecule has 20 heavy (non-hydrogen) atoms. The van der Waals surface area contributed by atoms with E-state index in [2.05, 4.69) is 10.9 Å². The monoisotopic (exact) mass is 305 g/mol. The van der Waals surface area contributed by atoms with Gasteiger partial charge in [-0.05, 0) is 36.4 Å². The van der Waals surface area contributed by atoms with Crippen LogP contribution in [-0.4, -0.2) is 5.91 Å². The number of carbonyl (C=O) groups excluding carboxylic acids is 1. The van der Waals surface area contributed by atoms with Crippen molar-refractivity contribution in [1.29, 1.82) is 5.26 Å². The van der Waals surface area contributed by atoms with Crippen molar-refractivity contribution in [3.05, 3.63) is 63.6 Å². The van der Waals surface area contributed by atoms with Gasteiger partial charge in [0, 0.05) is 5.56 Å². The Morgan fingerprint density at radius 2 is 1.65 bits per heavy atom. The van der Waals surface area contributed by atoms with Crippen molar-refractivity contribution in [2.45, 2.75) is 0 Å². The molecule has 0 heterocycles. The van der Waals surface area contributed by atoms with Crippen LogP contribution < -0.4 is 10.9 Å². The van der Waals surface area contributed by atoms with Crippen LogP contribution in [0.15, 0.2) is 42.5 Å². The highest BCUT2D eigenvalue weighted by atomic mass is 35.5. The van der Waals surface area contributed by atoms with Gasteiger partial charge in [0.2, 0.25) is 0 Å². The number of amides is 1. The van der Waals surface area contributed by atoms with E-state index in [1.165, 1.54) is 0 Å². The SMILES string of the molecule is N#Cc1ccc(C(=O)NNc2c(Cl)cccc2Cl)cc1. The Bertz CT molecular complexity index is 658. The molecule has 0 atom stereocenters. The van der Waals surface area contributed by atoms with Gasteiger partial charge in [0.1, 0.15) is 0 Å². The topological polar surface area (TPSA) is 64.9 Å². The molecular formula is C14H9Cl2N3O. The average Bonchev–Trinajstić information content (AvgIpc) is 2.46. The van der Waals surface area contributed by atoms with Gasteiger partial charge in [-0.15, -0.1) is 0 Å². The van der Waals surface area contributed by atoms with Crippen molar-refractivity contribution in [2.24, 2.45) is 0 Å². The summed E-state index contributed by atoms with van der Waals surface area (Å²) in [4.78, 5) is 11.9. The summed E-state index contributed by atoms with van der Waals surface area (Å²) in [5.41, 5.74) is 6.51. The van der Waals surface area contributed by atoms with E-state index in [0.29, 0.717) is 26.9 Å². The normalized spacial score (nSPS) is 9.65. The highest BCUT2D eigenvalue weighted by Gasteiger charge is 2.08. The summed E-state index contributed by atoms with van der Waals surface area (Å²) < 4.78 is 0. The number of para-hydroxylation sites is 1. The van der Waals surface area contributed by atoms with Crippen LogP contribution >= 0.6 is 23.2 Å². The second kappa shape index (κ2) is 6.29. The Morgan fingerprint density at radius 3 is 2.20 bits per heavy atom. The lowest BCUT2D eigenvalue weighted by molar-refractivity contribution is 0.0962. The fourth-order valence-electron chi connectivity index (χ4n) is 1.50. The molecule has 0 saturated heterocycles. The van der Waals surface area contributed by atoms with E-state index in [1.807, 2.05) is 6.07 Å². The summed E-state index contributed by atoms with van der Waals surface area (Å²) in [6.07, 6.45) is 0. The molecule has 0 spiro atoms. The molecule has 0 aliphatic carbocycles. The van der Waals surface area contributed by atoms with E-state index in [1.54, 1.807) is 42.5 Å². The predicted molar refractivity (Wildman–Crippen MR) is 78.7 cm³/mol. The summed E-state index contributed by atoms with van der Waals surface area (Å²) in [6.45, 7) is 0. The molecule has 0 unspecified atom stereocenters. The molecule has 0 bridgehead atoms. The van der Waals surface area contributed by atoms with Gasteiger partial charge in [-0.1, -0.05) is 29.3 Å². The Hall–Kier alpha value is -2.22. The predicted octanol–water partition coefficient (Wildman–Crippen LogP) is 3.62. The Balaban J connectivity index is 2.07. The van der Waals surface area contributed by atoms with Crippen LogP contribution in [-0.2, 0) is 0 Å². The molecule has 0 aliphatic rings. The number of hydrazine groups is 1. The van der Waals surface area contributed by atoms with E-state index in [4.69, 9.17) is 28.5 Å². The van der Waals surface area contributed by atoms with Crippen molar-refractivity contribution in [1.82, 2.24) is 5.43 Å². The third kappa shape index (κ3) is 3.21. The fourth-order valence-corrected chi connectivity index (χ4v) is 2.00. The van der Waals surface area contributed by atoms with Gasteiger partial charge in [0.15, 0.2) is 0 Å². The molecule has 2 aromatic rings. The lowest BCUT2D eigenvalue weighted by atomic mass is 10.1. The number of benzene rings is 2. The first-order valence-electron chi connectivity index (χ1n) is 5.62. The van der Waals surface area contributed by atoms with Crippen LogP contribution in [0.4, 0.5) is 5.69 Å². The molecule has 0 radical (unpaired) electrons. The van der Waals surface area contributed by atoms with Crippen LogP contribution in [0.25, 0.3) is 0 Å². The van der Waals surface area contributed by atoms with Crippen LogP contribution in [0, 0.1) is 11.3 Å². The molecule has 2 rings (SSSR count). The molecule has 4 nitrogen and oxygen atoms in total. The van der Waals surface area contributed by atoms with E-state index in [0.717, 1.165) is 0 Å². The minimum Gasteiger partial charge on any atom is -0.295 e. The van der Waals surface area contributed by atoms with E-state index in [-0.39, 0.29) is 5.91 Å². The number of rotatable bonds is 3. The van der Waals surface area contributed by atoms with Crippen molar-refractivity contribution in [3.8, 4) is 6.07 Å². The van der Waals surface area contributed by atoms with Gasteiger partial charge < -0.3 is 0 Å². The number of hydrogen-bond donors (Lipinski definition) is 2. The first kappa shape index (κ1) is 14.2. The van der Waals surface area contributed by atoms with Gasteiger partial charge >= 0.3 is 0 Å². The number of hydrogen-bond acceptors (Lipinski definition) is 3. The number of carbonyl (C=O) groups is 1. The summed E-state index contributed by atoms with van der Waals surface area (Å²) in [5.74, 6) is -0.356. The lowest BCUT2D eigenvalue weighted by Crippen LogP contribution is -2.29. The van der Waals surface area contributed by atoms with Crippen molar-refractivity contribution < 1.29 is 4.79 Å². The second-order valence-electron chi connectivity index (χ2n) is 3.86. The molecule has 2 N–H and O–H groups in total. The second-order valence-corrected chi connectivity index (χ2v) is 4.68. The van der Waals surface area contributed by atoms with Crippen molar-refractivity contribution in [3.63, 3.8) is 0 Å². The molecule has 0 saturated carbocycles. The van der Waals surface area contributed by atoms with Gasteiger partial charge in [0.05, 0.1) is 27.4 Å². The maximum absolute atomic E-state index is 11.9. The zero-order chi connectivity index (χ0) is 14.5. The lowest BCUT2D eigenvalue weighted by Gasteiger charge is -2.11. The Labute approximate surface area is 125 Å². The van der Waals surface area contributed by atoms with E-state index in [9.17, 15) is 4.79 Å². The summed E-state index contributed by atoms with van der Waals surface area (Å²) in [6, 6.07) is 13.3. The maximum Gasteiger partial charge on any atom is 0.269 e. The minimum atomic E-state index is -0.356. The molecule has 1 amide bonds. The van der Waals surface area contributed by atoms with E-state index < -0.39 is 0 Å². The third-order valence-electron chi connectivity index (χ3n) is 2.54. The largest absolute Gasteiger partial charge is 0.295 e. The van der Waals surface area contributed by atoms with Crippen LogP contribution in [0.3, 0.4) is 0 Å². The highest BCUT2D eigenvalue weighted by Crippen LogP contribution is 2.28.